The van der Waals surface area contributed by atoms with E-state index in [-0.39, 0.29) is 35.8 Å². The number of carbonyl (C=O) groups excluding carboxylic acids is 1. The fraction of sp³-hybridized carbons (Fsp3) is 0.882. The summed E-state index contributed by atoms with van der Waals surface area (Å²) in [7, 11) is 1.84. The number of nitrogens with one attached hydrogen (secondary N) is 2. The largest absolute Gasteiger partial charge is 0.354 e. The van der Waals surface area contributed by atoms with Crippen LogP contribution in [0, 0.1) is 11.8 Å². The normalized spacial score (nSPS) is 21.9. The molecular formula is C17H34IN5O. The van der Waals surface area contributed by atoms with Crippen LogP contribution in [0.25, 0.3) is 0 Å². The maximum absolute atomic E-state index is 11.5. The second-order valence-corrected chi connectivity index (χ2v) is 7.03. The van der Waals surface area contributed by atoms with Crippen molar-refractivity contribution in [2.24, 2.45) is 16.8 Å². The van der Waals surface area contributed by atoms with Crippen LogP contribution >= 0.6 is 24.0 Å². The average Bonchev–Trinajstić information content (AvgIpc) is 3.19. The number of guanidine groups is 1. The van der Waals surface area contributed by atoms with Gasteiger partial charge in [-0.1, -0.05) is 13.8 Å². The van der Waals surface area contributed by atoms with Gasteiger partial charge in [0.05, 0.1) is 0 Å². The molecule has 24 heavy (non-hydrogen) atoms. The first-order valence-electron chi connectivity index (χ1n) is 9.05. The SMILES string of the molecule is CN=C(NCCNC(=O)C(C)C)N1CCC(CN2CCCC2)C1.I. The zero-order chi connectivity index (χ0) is 16.7. The van der Waals surface area contributed by atoms with Gasteiger partial charge in [-0.3, -0.25) is 9.79 Å². The smallest absolute Gasteiger partial charge is 0.222 e. The van der Waals surface area contributed by atoms with E-state index in [9.17, 15) is 4.79 Å². The number of aliphatic imine (C=N–C) groups is 1. The van der Waals surface area contributed by atoms with Gasteiger partial charge in [-0.2, -0.15) is 0 Å². The van der Waals surface area contributed by atoms with Crippen LogP contribution in [0.3, 0.4) is 0 Å². The van der Waals surface area contributed by atoms with Crippen LogP contribution in [0.2, 0.25) is 0 Å². The summed E-state index contributed by atoms with van der Waals surface area (Å²) in [6, 6.07) is 0. The Balaban J connectivity index is 0.00000288. The monoisotopic (exact) mass is 451 g/mol. The predicted molar refractivity (Wildman–Crippen MR) is 110 cm³/mol. The third-order valence-corrected chi connectivity index (χ3v) is 4.74. The highest BCUT2D eigenvalue weighted by Gasteiger charge is 2.27. The molecule has 0 saturated carbocycles. The first-order chi connectivity index (χ1) is 11.1. The van der Waals surface area contributed by atoms with Crippen LogP contribution in [-0.4, -0.2) is 74.5 Å². The minimum absolute atomic E-state index is 0. The quantitative estimate of drug-likeness (QED) is 0.277. The highest BCUT2D eigenvalue weighted by molar-refractivity contribution is 14.0. The van der Waals surface area contributed by atoms with E-state index >= 15 is 0 Å². The standard InChI is InChI=1S/C17H33N5O.HI/c1-14(2)16(23)19-7-8-20-17(18-3)22-11-6-15(13-22)12-21-9-4-5-10-21;/h14-15H,4-13H2,1-3H3,(H,18,20)(H,19,23);1H. The van der Waals surface area contributed by atoms with E-state index < -0.39 is 0 Å². The summed E-state index contributed by atoms with van der Waals surface area (Å²) in [5.41, 5.74) is 0. The molecule has 2 N–H and O–H groups in total. The van der Waals surface area contributed by atoms with E-state index in [2.05, 4.69) is 25.4 Å². The van der Waals surface area contributed by atoms with Crippen molar-refractivity contribution in [2.75, 3.05) is 52.9 Å². The molecule has 2 rings (SSSR count). The Labute approximate surface area is 163 Å². The van der Waals surface area contributed by atoms with Gasteiger partial charge in [0.25, 0.3) is 0 Å². The van der Waals surface area contributed by atoms with Crippen LogP contribution in [0.15, 0.2) is 4.99 Å². The van der Waals surface area contributed by atoms with Gasteiger partial charge in [-0.25, -0.2) is 0 Å². The van der Waals surface area contributed by atoms with Crippen LogP contribution in [-0.2, 0) is 4.79 Å². The van der Waals surface area contributed by atoms with Gasteiger partial charge in [0.1, 0.15) is 0 Å². The molecule has 0 radical (unpaired) electrons. The van der Waals surface area contributed by atoms with Crippen LogP contribution in [0.5, 0.6) is 0 Å². The van der Waals surface area contributed by atoms with Crippen molar-refractivity contribution in [1.82, 2.24) is 20.4 Å². The number of nitrogens with zero attached hydrogens (tertiary/aromatic N) is 3. The van der Waals surface area contributed by atoms with Crippen molar-refractivity contribution in [2.45, 2.75) is 33.1 Å². The predicted octanol–water partition coefficient (Wildman–Crippen LogP) is 1.37. The molecule has 2 aliphatic heterocycles. The highest BCUT2D eigenvalue weighted by atomic mass is 127. The number of halogens is 1. The molecule has 1 atom stereocenters. The molecule has 0 bridgehead atoms. The summed E-state index contributed by atoms with van der Waals surface area (Å²) in [4.78, 5) is 20.9. The molecule has 7 heteroatoms. The molecule has 0 aliphatic carbocycles. The number of carbonyl (C=O) groups is 1. The molecule has 1 amide bonds. The molecule has 0 spiro atoms. The van der Waals surface area contributed by atoms with Gasteiger partial charge in [0.15, 0.2) is 5.96 Å². The van der Waals surface area contributed by atoms with Crippen molar-refractivity contribution in [1.29, 1.82) is 0 Å². The van der Waals surface area contributed by atoms with Crippen LogP contribution in [0.4, 0.5) is 0 Å². The maximum Gasteiger partial charge on any atom is 0.222 e. The Kier molecular flexibility index (Phi) is 9.95. The topological polar surface area (TPSA) is 60.0 Å². The maximum atomic E-state index is 11.5. The number of hydrogen-bond donors (Lipinski definition) is 2. The fourth-order valence-electron chi connectivity index (χ4n) is 3.40. The number of hydrogen-bond acceptors (Lipinski definition) is 3. The van der Waals surface area contributed by atoms with Gasteiger partial charge in [-0.15, -0.1) is 24.0 Å². The molecule has 0 aromatic carbocycles. The Morgan fingerprint density at radius 1 is 1.17 bits per heavy atom. The van der Waals surface area contributed by atoms with E-state index in [0.717, 1.165) is 31.5 Å². The summed E-state index contributed by atoms with van der Waals surface area (Å²) in [5.74, 6) is 1.87. The molecule has 6 nitrogen and oxygen atoms in total. The van der Waals surface area contributed by atoms with Gasteiger partial charge < -0.3 is 20.4 Å². The number of amides is 1. The van der Waals surface area contributed by atoms with Crippen molar-refractivity contribution < 1.29 is 4.79 Å². The third-order valence-electron chi connectivity index (χ3n) is 4.74. The lowest BCUT2D eigenvalue weighted by atomic mass is 10.1. The molecule has 0 aromatic heterocycles. The summed E-state index contributed by atoms with van der Waals surface area (Å²) in [5, 5.41) is 6.29. The number of likely N-dealkylation sites (tertiary alicyclic amines) is 2. The molecule has 1 unspecified atom stereocenters. The first-order valence-corrected chi connectivity index (χ1v) is 9.05. The van der Waals surface area contributed by atoms with Gasteiger partial charge in [-0.05, 0) is 38.3 Å². The Hall–Kier alpha value is -0.570. The van der Waals surface area contributed by atoms with Gasteiger partial charge in [0, 0.05) is 45.7 Å². The Morgan fingerprint density at radius 2 is 1.83 bits per heavy atom. The molecule has 2 fully saturated rings. The zero-order valence-electron chi connectivity index (χ0n) is 15.4. The highest BCUT2D eigenvalue weighted by Crippen LogP contribution is 2.19. The number of rotatable bonds is 6. The minimum atomic E-state index is 0. The van der Waals surface area contributed by atoms with E-state index in [0.29, 0.717) is 6.54 Å². The molecule has 2 heterocycles. The van der Waals surface area contributed by atoms with Crippen molar-refractivity contribution >= 4 is 35.8 Å². The van der Waals surface area contributed by atoms with Crippen LogP contribution in [0.1, 0.15) is 33.1 Å². The second-order valence-electron chi connectivity index (χ2n) is 7.03. The molecule has 0 aromatic rings. The van der Waals surface area contributed by atoms with Crippen molar-refractivity contribution in [3.63, 3.8) is 0 Å². The van der Waals surface area contributed by atoms with E-state index in [1.807, 2.05) is 20.9 Å². The third kappa shape index (κ3) is 6.74. The van der Waals surface area contributed by atoms with Crippen molar-refractivity contribution in [3.8, 4) is 0 Å². The Bertz CT molecular complexity index is 410. The van der Waals surface area contributed by atoms with E-state index in [1.54, 1.807) is 0 Å². The second kappa shape index (κ2) is 11.1. The fourth-order valence-corrected chi connectivity index (χ4v) is 3.40. The minimum Gasteiger partial charge on any atom is -0.354 e. The summed E-state index contributed by atoms with van der Waals surface area (Å²) >= 11 is 0. The molecular weight excluding hydrogens is 417 g/mol. The first kappa shape index (κ1) is 21.5. The van der Waals surface area contributed by atoms with Crippen LogP contribution < -0.4 is 10.6 Å². The lowest BCUT2D eigenvalue weighted by Gasteiger charge is -2.23. The molecule has 2 aliphatic rings. The van der Waals surface area contributed by atoms with Gasteiger partial charge >= 0.3 is 0 Å². The summed E-state index contributed by atoms with van der Waals surface area (Å²) in [6.45, 7) is 11.1. The Morgan fingerprint density at radius 3 is 2.46 bits per heavy atom. The lowest BCUT2D eigenvalue weighted by Crippen LogP contribution is -2.44. The van der Waals surface area contributed by atoms with Gasteiger partial charge in [0.2, 0.25) is 5.91 Å². The van der Waals surface area contributed by atoms with E-state index in [4.69, 9.17) is 0 Å². The zero-order valence-corrected chi connectivity index (χ0v) is 17.7. The van der Waals surface area contributed by atoms with Crippen molar-refractivity contribution in [3.05, 3.63) is 0 Å². The average molecular weight is 451 g/mol. The summed E-state index contributed by atoms with van der Waals surface area (Å²) < 4.78 is 0. The molecule has 2 saturated heterocycles. The molecule has 140 valence electrons. The lowest BCUT2D eigenvalue weighted by molar-refractivity contribution is -0.123. The summed E-state index contributed by atoms with van der Waals surface area (Å²) in [6.07, 6.45) is 3.98. The van der Waals surface area contributed by atoms with E-state index in [1.165, 1.54) is 38.9 Å².